The third kappa shape index (κ3) is 3.69. The molecule has 4 nitrogen and oxygen atoms in total. The van der Waals surface area contributed by atoms with E-state index in [0.717, 1.165) is 16.8 Å². The van der Waals surface area contributed by atoms with E-state index in [0.29, 0.717) is 5.02 Å². The van der Waals surface area contributed by atoms with Crippen LogP contribution in [0.25, 0.3) is 0 Å². The lowest BCUT2D eigenvalue weighted by atomic mass is 9.66. The highest BCUT2D eigenvalue weighted by atomic mass is 35.5. The summed E-state index contributed by atoms with van der Waals surface area (Å²) in [5, 5.41) is 0.528. The van der Waals surface area contributed by atoms with E-state index >= 15 is 0 Å². The summed E-state index contributed by atoms with van der Waals surface area (Å²) >= 11 is 6.26. The smallest absolute Gasteiger partial charge is 0.334 e. The first-order chi connectivity index (χ1) is 13.5. The maximum Gasteiger partial charge on any atom is 0.334 e. The molecule has 0 N–H and O–H groups in total. The van der Waals surface area contributed by atoms with Crippen LogP contribution in [0.2, 0.25) is 5.02 Å². The summed E-state index contributed by atoms with van der Waals surface area (Å²) in [4.78, 5) is 28.1. The van der Waals surface area contributed by atoms with E-state index in [2.05, 4.69) is 6.58 Å². The molecule has 2 aromatic rings. The zero-order valence-corrected chi connectivity index (χ0v) is 18.2. The number of hydrogen-bond acceptors (Lipinski definition) is 3. The van der Waals surface area contributed by atoms with Crippen LogP contribution in [-0.4, -0.2) is 24.5 Å². The van der Waals surface area contributed by atoms with Crippen molar-refractivity contribution in [3.8, 4) is 0 Å². The lowest BCUT2D eigenvalue weighted by molar-refractivity contribution is -0.150. The van der Waals surface area contributed by atoms with Crippen molar-refractivity contribution in [1.29, 1.82) is 0 Å². The van der Waals surface area contributed by atoms with Gasteiger partial charge in [-0.3, -0.25) is 4.79 Å². The highest BCUT2D eigenvalue weighted by Gasteiger charge is 2.53. The first kappa shape index (κ1) is 21.1. The van der Waals surface area contributed by atoms with Crippen molar-refractivity contribution < 1.29 is 14.3 Å². The Morgan fingerprint density at radius 1 is 1.17 bits per heavy atom. The van der Waals surface area contributed by atoms with Crippen molar-refractivity contribution in [2.24, 2.45) is 0 Å². The van der Waals surface area contributed by atoms with E-state index in [9.17, 15) is 9.59 Å². The molecule has 0 bridgehead atoms. The zero-order chi connectivity index (χ0) is 21.6. The topological polar surface area (TPSA) is 46.6 Å². The van der Waals surface area contributed by atoms with E-state index in [1.54, 1.807) is 44.9 Å². The Morgan fingerprint density at radius 2 is 1.83 bits per heavy atom. The van der Waals surface area contributed by atoms with E-state index in [4.69, 9.17) is 16.3 Å². The van der Waals surface area contributed by atoms with Crippen LogP contribution < -0.4 is 4.90 Å². The molecular formula is C24H26ClNO3. The predicted octanol–water partition coefficient (Wildman–Crippen LogP) is 5.26. The third-order valence-corrected chi connectivity index (χ3v) is 5.58. The maximum absolute atomic E-state index is 13.5. The van der Waals surface area contributed by atoms with Gasteiger partial charge in [-0.05, 0) is 57.0 Å². The number of amides is 1. The molecule has 5 heteroatoms. The summed E-state index contributed by atoms with van der Waals surface area (Å²) < 4.78 is 5.59. The fourth-order valence-electron chi connectivity index (χ4n) is 4.09. The summed E-state index contributed by atoms with van der Waals surface area (Å²) in [6, 6.07) is 14.8. The van der Waals surface area contributed by atoms with Crippen LogP contribution in [0.15, 0.2) is 60.7 Å². The average molecular weight is 412 g/mol. The fraction of sp³-hybridized carbons (Fsp3) is 0.333. The van der Waals surface area contributed by atoms with Crippen molar-refractivity contribution in [1.82, 2.24) is 0 Å². The number of benzene rings is 2. The average Bonchev–Trinajstić information content (AvgIpc) is 2.83. The number of halogens is 1. The number of rotatable bonds is 4. The summed E-state index contributed by atoms with van der Waals surface area (Å²) in [7, 11) is 1.75. The van der Waals surface area contributed by atoms with E-state index in [-0.39, 0.29) is 11.5 Å². The van der Waals surface area contributed by atoms with Gasteiger partial charge in [-0.15, -0.1) is 0 Å². The molecule has 3 rings (SSSR count). The number of para-hydroxylation sites is 1. The number of hydrogen-bond donors (Lipinski definition) is 0. The van der Waals surface area contributed by atoms with Crippen LogP contribution in [-0.2, 0) is 19.7 Å². The number of esters is 1. The van der Waals surface area contributed by atoms with Crippen molar-refractivity contribution in [2.75, 3.05) is 11.9 Å². The quantitative estimate of drug-likeness (QED) is 0.509. The molecule has 0 saturated heterocycles. The van der Waals surface area contributed by atoms with Gasteiger partial charge in [0.25, 0.3) is 0 Å². The Labute approximate surface area is 177 Å². The van der Waals surface area contributed by atoms with Gasteiger partial charge < -0.3 is 9.64 Å². The Kier molecular flexibility index (Phi) is 5.35. The molecule has 0 unspecified atom stereocenters. The second kappa shape index (κ2) is 7.34. The van der Waals surface area contributed by atoms with Gasteiger partial charge in [-0.25, -0.2) is 4.79 Å². The van der Waals surface area contributed by atoms with Crippen LogP contribution in [0.4, 0.5) is 5.69 Å². The third-order valence-electron chi connectivity index (χ3n) is 5.34. The summed E-state index contributed by atoms with van der Waals surface area (Å²) in [5.74, 6) is -1.26. The number of nitrogens with zero attached hydrogens (tertiary/aromatic N) is 1. The van der Waals surface area contributed by atoms with Crippen molar-refractivity contribution in [3.05, 3.63) is 76.8 Å². The van der Waals surface area contributed by atoms with E-state index < -0.39 is 22.9 Å². The summed E-state index contributed by atoms with van der Waals surface area (Å²) in [6.45, 7) is 11.3. The second-order valence-electron chi connectivity index (χ2n) is 8.60. The van der Waals surface area contributed by atoms with Gasteiger partial charge in [-0.1, -0.05) is 48.5 Å². The second-order valence-corrected chi connectivity index (χ2v) is 9.04. The van der Waals surface area contributed by atoms with E-state index in [1.165, 1.54) is 0 Å². The molecule has 0 aromatic heterocycles. The number of fused-ring (bicyclic) bond motifs is 1. The van der Waals surface area contributed by atoms with E-state index in [1.807, 2.05) is 43.3 Å². The molecule has 1 heterocycles. The van der Waals surface area contributed by atoms with Crippen molar-refractivity contribution >= 4 is 29.2 Å². The lowest BCUT2D eigenvalue weighted by Gasteiger charge is -2.35. The van der Waals surface area contributed by atoms with Crippen LogP contribution in [0.1, 0.15) is 44.7 Å². The van der Waals surface area contributed by atoms with Gasteiger partial charge in [0.2, 0.25) is 5.91 Å². The molecule has 29 heavy (non-hydrogen) atoms. The lowest BCUT2D eigenvalue weighted by Crippen LogP contribution is -2.43. The van der Waals surface area contributed by atoms with Gasteiger partial charge in [-0.2, -0.15) is 0 Å². The number of likely N-dealkylation sites (N-methyl/N-ethyl adjacent to an activating group) is 1. The summed E-state index contributed by atoms with van der Waals surface area (Å²) in [6.07, 6.45) is 0. The first-order valence-corrected chi connectivity index (χ1v) is 9.90. The molecular weight excluding hydrogens is 386 g/mol. The van der Waals surface area contributed by atoms with Gasteiger partial charge in [0.15, 0.2) is 0 Å². The van der Waals surface area contributed by atoms with Crippen LogP contribution in [0, 0.1) is 0 Å². The monoisotopic (exact) mass is 411 g/mol. The van der Waals surface area contributed by atoms with Crippen molar-refractivity contribution in [3.63, 3.8) is 0 Å². The molecule has 0 aliphatic carbocycles. The Morgan fingerprint density at radius 3 is 2.45 bits per heavy atom. The molecule has 0 radical (unpaired) electrons. The molecule has 0 fully saturated rings. The fourth-order valence-corrected chi connectivity index (χ4v) is 4.29. The molecule has 1 amide bonds. The van der Waals surface area contributed by atoms with Crippen LogP contribution >= 0.6 is 11.6 Å². The number of anilines is 1. The maximum atomic E-state index is 13.5. The Balaban J connectivity index is 2.20. The highest BCUT2D eigenvalue weighted by molar-refractivity contribution is 6.30. The normalized spacial score (nSPS) is 19.7. The molecule has 152 valence electrons. The van der Waals surface area contributed by atoms with Crippen LogP contribution in [0.5, 0.6) is 0 Å². The highest BCUT2D eigenvalue weighted by Crippen LogP contribution is 2.52. The van der Waals surface area contributed by atoms with Gasteiger partial charge in [0.05, 0.1) is 5.41 Å². The minimum absolute atomic E-state index is 0.103. The molecule has 1 aliphatic heterocycles. The van der Waals surface area contributed by atoms with Crippen molar-refractivity contribution in [2.45, 2.75) is 44.6 Å². The molecule has 0 saturated carbocycles. The number of ether oxygens (including phenoxy) is 1. The Bertz CT molecular complexity index is 992. The number of carbonyl (C=O) groups is 2. The minimum atomic E-state index is -1.02. The first-order valence-electron chi connectivity index (χ1n) is 9.52. The molecule has 0 spiro atoms. The van der Waals surface area contributed by atoms with Gasteiger partial charge >= 0.3 is 5.97 Å². The molecule has 1 aliphatic rings. The van der Waals surface area contributed by atoms with Gasteiger partial charge in [0.1, 0.15) is 5.60 Å². The van der Waals surface area contributed by atoms with Gasteiger partial charge in [0, 0.05) is 29.2 Å². The number of carbonyl (C=O) groups excluding carboxylic acids is 2. The Hall–Kier alpha value is -2.59. The SMILES string of the molecule is C=C(C(=O)OC(C)(C)C)[C@H](c1cccc(Cl)c1)[C@@]1(C)C(=O)N(C)c2ccccc21. The molecule has 2 aromatic carbocycles. The van der Waals surface area contributed by atoms with Crippen LogP contribution in [0.3, 0.4) is 0 Å². The standard InChI is InChI=1S/C24H26ClNO3/c1-15(21(27)29-23(2,3)4)20(16-10-9-11-17(25)14-16)24(5)18-12-7-8-13-19(18)26(6)22(24)28/h7-14,20H,1H2,2-6H3/t20-,24+/m1/s1. The predicted molar refractivity (Wildman–Crippen MR) is 116 cm³/mol. The minimum Gasteiger partial charge on any atom is -0.457 e. The molecule has 2 atom stereocenters. The summed E-state index contributed by atoms with van der Waals surface area (Å²) in [5.41, 5.74) is 0.946. The zero-order valence-electron chi connectivity index (χ0n) is 17.5. The largest absolute Gasteiger partial charge is 0.457 e.